The van der Waals surface area contributed by atoms with Gasteiger partial charge >= 0.3 is 5.69 Å². The van der Waals surface area contributed by atoms with E-state index < -0.39 is 0 Å². The summed E-state index contributed by atoms with van der Waals surface area (Å²) in [6, 6.07) is 0. The van der Waals surface area contributed by atoms with Gasteiger partial charge in [-0.3, -0.25) is 13.9 Å². The van der Waals surface area contributed by atoms with E-state index in [-0.39, 0.29) is 11.2 Å². The molecule has 0 bridgehead atoms. The van der Waals surface area contributed by atoms with Crippen molar-refractivity contribution in [1.29, 1.82) is 0 Å². The van der Waals surface area contributed by atoms with E-state index in [9.17, 15) is 9.59 Å². The second kappa shape index (κ2) is 6.98. The average molecular weight is 350 g/mol. The van der Waals surface area contributed by atoms with E-state index in [1.807, 2.05) is 29.5 Å². The molecule has 4 nitrogen and oxygen atoms in total. The predicted molar refractivity (Wildman–Crippen MR) is 77.5 cm³/mol. The van der Waals surface area contributed by atoms with Gasteiger partial charge in [0.15, 0.2) is 0 Å². The van der Waals surface area contributed by atoms with Crippen molar-refractivity contribution in [2.45, 2.75) is 52.6 Å². The monoisotopic (exact) mass is 350 g/mol. The van der Waals surface area contributed by atoms with Crippen LogP contribution in [0.3, 0.4) is 0 Å². The lowest BCUT2D eigenvalue weighted by molar-refractivity contribution is 0.514. The van der Waals surface area contributed by atoms with Gasteiger partial charge in [0.2, 0.25) is 0 Å². The van der Waals surface area contributed by atoms with Crippen molar-refractivity contribution in [3.63, 3.8) is 0 Å². The number of rotatable bonds is 6. The summed E-state index contributed by atoms with van der Waals surface area (Å²) >= 11 is 2.00. The highest BCUT2D eigenvalue weighted by Crippen LogP contribution is 1.98. The quantitative estimate of drug-likeness (QED) is 0.583. The van der Waals surface area contributed by atoms with Gasteiger partial charge in [-0.2, -0.15) is 0 Å². The van der Waals surface area contributed by atoms with Crippen molar-refractivity contribution >= 4 is 22.6 Å². The van der Waals surface area contributed by atoms with Crippen LogP contribution in [-0.4, -0.2) is 9.13 Å². The zero-order valence-electron chi connectivity index (χ0n) is 10.4. The van der Waals surface area contributed by atoms with Crippen molar-refractivity contribution in [3.8, 4) is 0 Å². The largest absolute Gasteiger partial charge is 0.331 e. The number of aromatic nitrogens is 2. The van der Waals surface area contributed by atoms with Crippen molar-refractivity contribution in [3.05, 3.63) is 30.6 Å². The number of hydrogen-bond donors (Lipinski definition) is 0. The van der Waals surface area contributed by atoms with Crippen LogP contribution in [0.4, 0.5) is 0 Å². The number of nitrogens with zero attached hydrogens (tertiary/aromatic N) is 2. The van der Waals surface area contributed by atoms with Crippen LogP contribution < -0.4 is 11.2 Å². The first-order valence-corrected chi connectivity index (χ1v) is 7.19. The second-order valence-electron chi connectivity index (χ2n) is 4.12. The highest BCUT2D eigenvalue weighted by molar-refractivity contribution is 14.1. The standard InChI is InChI=1S/C12H19IN2O2/c1-3-5-6-8-15-11(16)10(13)9-14(7-4-2)12(15)17/h9H,3-8H2,1-2H3. The summed E-state index contributed by atoms with van der Waals surface area (Å²) in [4.78, 5) is 23.9. The Morgan fingerprint density at radius 3 is 2.41 bits per heavy atom. The molecule has 0 radical (unpaired) electrons. The summed E-state index contributed by atoms with van der Waals surface area (Å²) in [6.45, 7) is 5.33. The van der Waals surface area contributed by atoms with Crippen LogP contribution >= 0.6 is 22.6 Å². The molecule has 0 aliphatic heterocycles. The van der Waals surface area contributed by atoms with Gasteiger partial charge in [0.05, 0.1) is 3.57 Å². The minimum atomic E-state index is -0.173. The zero-order chi connectivity index (χ0) is 12.8. The molecule has 1 rings (SSSR count). The van der Waals surface area contributed by atoms with Crippen LogP contribution in [0.5, 0.6) is 0 Å². The lowest BCUT2D eigenvalue weighted by atomic mass is 10.2. The molecule has 1 aromatic rings. The Morgan fingerprint density at radius 2 is 1.82 bits per heavy atom. The number of hydrogen-bond acceptors (Lipinski definition) is 2. The minimum Gasteiger partial charge on any atom is -0.299 e. The first kappa shape index (κ1) is 14.5. The first-order valence-electron chi connectivity index (χ1n) is 6.11. The van der Waals surface area contributed by atoms with Crippen LogP contribution in [-0.2, 0) is 13.1 Å². The summed E-state index contributed by atoms with van der Waals surface area (Å²) in [7, 11) is 0. The highest BCUT2D eigenvalue weighted by Gasteiger charge is 2.08. The lowest BCUT2D eigenvalue weighted by Gasteiger charge is -2.10. The van der Waals surface area contributed by atoms with Gasteiger partial charge in [0.1, 0.15) is 0 Å². The van der Waals surface area contributed by atoms with E-state index >= 15 is 0 Å². The molecule has 0 atom stereocenters. The number of aryl methyl sites for hydroxylation is 1. The van der Waals surface area contributed by atoms with Crippen LogP contribution in [0, 0.1) is 3.57 Å². The van der Waals surface area contributed by atoms with E-state index in [1.165, 1.54) is 4.57 Å². The fraction of sp³-hybridized carbons (Fsp3) is 0.667. The molecule has 0 spiro atoms. The zero-order valence-corrected chi connectivity index (χ0v) is 12.6. The molecule has 0 amide bonds. The molecule has 0 unspecified atom stereocenters. The van der Waals surface area contributed by atoms with Gasteiger partial charge in [-0.1, -0.05) is 26.7 Å². The Morgan fingerprint density at radius 1 is 1.12 bits per heavy atom. The molecule has 1 heterocycles. The molecule has 96 valence electrons. The van der Waals surface area contributed by atoms with E-state index in [1.54, 1.807) is 10.8 Å². The van der Waals surface area contributed by atoms with Crippen molar-refractivity contribution in [1.82, 2.24) is 9.13 Å². The molecule has 0 saturated carbocycles. The fourth-order valence-corrected chi connectivity index (χ4v) is 2.36. The maximum Gasteiger partial charge on any atom is 0.331 e. The molecule has 1 aromatic heterocycles. The third-order valence-electron chi connectivity index (χ3n) is 2.65. The normalized spacial score (nSPS) is 10.8. The van der Waals surface area contributed by atoms with Gasteiger partial charge in [-0.15, -0.1) is 0 Å². The molecule has 0 aromatic carbocycles. The SMILES string of the molecule is CCCCCn1c(=O)c(I)cn(CCC)c1=O. The Kier molecular flexibility index (Phi) is 5.94. The molecular weight excluding hydrogens is 331 g/mol. The van der Waals surface area contributed by atoms with Gasteiger partial charge in [-0.25, -0.2) is 4.79 Å². The van der Waals surface area contributed by atoms with E-state index in [0.29, 0.717) is 16.7 Å². The van der Waals surface area contributed by atoms with Crippen LogP contribution in [0.25, 0.3) is 0 Å². The van der Waals surface area contributed by atoms with E-state index in [2.05, 4.69) is 6.92 Å². The minimum absolute atomic E-state index is 0.154. The average Bonchev–Trinajstić information content (AvgIpc) is 2.31. The topological polar surface area (TPSA) is 44.0 Å². The third-order valence-corrected chi connectivity index (χ3v) is 3.38. The molecule has 17 heavy (non-hydrogen) atoms. The van der Waals surface area contributed by atoms with Crippen LogP contribution in [0.2, 0.25) is 0 Å². The molecular formula is C12H19IN2O2. The third kappa shape index (κ3) is 3.69. The van der Waals surface area contributed by atoms with Crippen LogP contribution in [0.15, 0.2) is 15.8 Å². The maximum absolute atomic E-state index is 12.0. The first-order chi connectivity index (χ1) is 8.11. The predicted octanol–water partition coefficient (Wildman–Crippen LogP) is 2.21. The number of halogens is 1. The second-order valence-corrected chi connectivity index (χ2v) is 5.28. The van der Waals surface area contributed by atoms with Crippen molar-refractivity contribution < 1.29 is 0 Å². The molecule has 0 fully saturated rings. The summed E-state index contributed by atoms with van der Waals surface area (Å²) in [6.07, 6.45) is 5.57. The molecule has 5 heteroatoms. The number of unbranched alkanes of at least 4 members (excludes halogenated alkanes) is 2. The van der Waals surface area contributed by atoms with E-state index in [4.69, 9.17) is 0 Å². The summed E-state index contributed by atoms with van der Waals surface area (Å²) in [5, 5.41) is 0. The van der Waals surface area contributed by atoms with Crippen LogP contribution in [0.1, 0.15) is 39.5 Å². The summed E-state index contributed by atoms with van der Waals surface area (Å²) in [5.41, 5.74) is -0.326. The molecule has 0 aliphatic rings. The lowest BCUT2D eigenvalue weighted by Crippen LogP contribution is -2.40. The van der Waals surface area contributed by atoms with Gasteiger partial charge in [0, 0.05) is 19.3 Å². The Hall–Kier alpha value is -0.590. The van der Waals surface area contributed by atoms with E-state index in [0.717, 1.165) is 25.7 Å². The molecule has 0 saturated heterocycles. The summed E-state index contributed by atoms with van der Waals surface area (Å²) in [5.74, 6) is 0. The van der Waals surface area contributed by atoms with Crippen molar-refractivity contribution in [2.75, 3.05) is 0 Å². The highest BCUT2D eigenvalue weighted by atomic mass is 127. The van der Waals surface area contributed by atoms with Gasteiger partial charge in [0.25, 0.3) is 5.56 Å². The smallest absolute Gasteiger partial charge is 0.299 e. The fourth-order valence-electron chi connectivity index (χ4n) is 1.74. The Bertz CT molecular complexity index is 476. The Balaban J connectivity index is 3.09. The van der Waals surface area contributed by atoms with Gasteiger partial charge < -0.3 is 0 Å². The van der Waals surface area contributed by atoms with Gasteiger partial charge in [-0.05, 0) is 35.4 Å². The Labute approximate surface area is 115 Å². The molecule has 0 N–H and O–H groups in total. The molecule has 0 aliphatic carbocycles. The summed E-state index contributed by atoms with van der Waals surface area (Å²) < 4.78 is 3.62. The van der Waals surface area contributed by atoms with Crippen molar-refractivity contribution in [2.24, 2.45) is 0 Å². The maximum atomic E-state index is 12.0.